The number of nitrogens with one attached hydrogen (secondary N) is 1. The predicted molar refractivity (Wildman–Crippen MR) is 134 cm³/mol. The van der Waals surface area contributed by atoms with E-state index >= 15 is 0 Å². The van der Waals surface area contributed by atoms with Gasteiger partial charge >= 0.3 is 0 Å². The van der Waals surface area contributed by atoms with Crippen LogP contribution >= 0.6 is 22.9 Å². The average molecular weight is 497 g/mol. The maximum atomic E-state index is 13.3. The number of carbonyl (C=O) groups excluding carboxylic acids is 2. The third-order valence-corrected chi connectivity index (χ3v) is 7.65. The Morgan fingerprint density at radius 3 is 2.62 bits per heavy atom. The first-order chi connectivity index (χ1) is 16.5. The molecule has 5 rings (SSSR count). The highest BCUT2D eigenvalue weighted by atomic mass is 35.5. The number of aromatic nitrogens is 1. The molecule has 1 atom stereocenters. The number of methoxy groups -OCH3 is 1. The largest absolute Gasteiger partial charge is 0.497 e. The van der Waals surface area contributed by atoms with Crippen LogP contribution in [0.15, 0.2) is 48.5 Å². The maximum absolute atomic E-state index is 13.3. The summed E-state index contributed by atoms with van der Waals surface area (Å²) in [6.45, 7) is 2.90. The van der Waals surface area contributed by atoms with Crippen molar-refractivity contribution in [2.24, 2.45) is 0 Å². The molecule has 0 saturated carbocycles. The summed E-state index contributed by atoms with van der Waals surface area (Å²) in [6.07, 6.45) is 1.58. The first kappa shape index (κ1) is 22.7. The first-order valence-corrected chi connectivity index (χ1v) is 12.5. The zero-order chi connectivity index (χ0) is 23.7. The number of halogens is 1. The maximum Gasteiger partial charge on any atom is 0.257 e. The predicted octanol–water partition coefficient (Wildman–Crippen LogP) is 4.44. The second kappa shape index (κ2) is 9.64. The van der Waals surface area contributed by atoms with Gasteiger partial charge in [-0.1, -0.05) is 17.7 Å². The second-order valence-electron chi connectivity index (χ2n) is 8.39. The lowest BCUT2D eigenvalue weighted by Crippen LogP contribution is -2.50. The minimum absolute atomic E-state index is 0.130. The molecular formula is C25H25ClN4O3S. The Morgan fingerprint density at radius 2 is 1.88 bits per heavy atom. The lowest BCUT2D eigenvalue weighted by molar-refractivity contribution is -0.133. The molecule has 2 aliphatic rings. The third-order valence-electron chi connectivity index (χ3n) is 6.35. The highest BCUT2D eigenvalue weighted by Crippen LogP contribution is 2.39. The van der Waals surface area contributed by atoms with Crippen LogP contribution in [0, 0.1) is 0 Å². The van der Waals surface area contributed by atoms with Crippen LogP contribution in [0.3, 0.4) is 0 Å². The van der Waals surface area contributed by atoms with Crippen LogP contribution in [0.1, 0.15) is 33.3 Å². The van der Waals surface area contributed by atoms with Crippen molar-refractivity contribution in [3.63, 3.8) is 0 Å². The Hall–Kier alpha value is -3.10. The molecule has 0 spiro atoms. The van der Waals surface area contributed by atoms with Crippen LogP contribution in [0.25, 0.3) is 0 Å². The number of hydrogen-bond acceptors (Lipinski definition) is 6. The highest BCUT2D eigenvalue weighted by molar-refractivity contribution is 7.16. The molecule has 1 saturated heterocycles. The van der Waals surface area contributed by atoms with E-state index in [-0.39, 0.29) is 17.7 Å². The zero-order valence-electron chi connectivity index (χ0n) is 18.8. The number of carbonyl (C=O) groups is 2. The summed E-state index contributed by atoms with van der Waals surface area (Å²) < 4.78 is 5.33. The minimum atomic E-state index is -0.240. The summed E-state index contributed by atoms with van der Waals surface area (Å²) in [4.78, 5) is 35.8. The summed E-state index contributed by atoms with van der Waals surface area (Å²) in [5.41, 5.74) is 2.44. The number of nitrogens with zero attached hydrogens (tertiary/aromatic N) is 3. The summed E-state index contributed by atoms with van der Waals surface area (Å²) >= 11 is 7.36. The van der Waals surface area contributed by atoms with Crippen LogP contribution in [-0.2, 0) is 11.2 Å². The second-order valence-corrected chi connectivity index (χ2v) is 9.91. The molecule has 2 heterocycles. The van der Waals surface area contributed by atoms with Crippen molar-refractivity contribution in [3.8, 4) is 5.75 Å². The van der Waals surface area contributed by atoms with E-state index in [1.165, 1.54) is 11.3 Å². The van der Waals surface area contributed by atoms with Crippen LogP contribution in [0.5, 0.6) is 5.75 Å². The molecule has 1 fully saturated rings. The average Bonchev–Trinajstić information content (AvgIpc) is 3.44. The van der Waals surface area contributed by atoms with Crippen molar-refractivity contribution in [3.05, 3.63) is 69.7 Å². The van der Waals surface area contributed by atoms with Crippen molar-refractivity contribution < 1.29 is 14.3 Å². The molecular weight excluding hydrogens is 472 g/mol. The van der Waals surface area contributed by atoms with Crippen LogP contribution in [0.4, 0.5) is 10.8 Å². The number of anilines is 2. The molecule has 7 nitrogen and oxygen atoms in total. The Balaban J connectivity index is 1.22. The van der Waals surface area contributed by atoms with E-state index in [9.17, 15) is 9.59 Å². The smallest absolute Gasteiger partial charge is 0.257 e. The summed E-state index contributed by atoms with van der Waals surface area (Å²) in [7, 11) is 1.67. The SMILES string of the molecule is COc1cccc(N2CCN(C(=O)C3CCc4sc(NC(=O)c5ccc(Cl)cc5)nc43)CC2)c1. The van der Waals surface area contributed by atoms with Crippen LogP contribution in [0.2, 0.25) is 5.02 Å². The monoisotopic (exact) mass is 496 g/mol. The molecule has 34 heavy (non-hydrogen) atoms. The van der Waals surface area contributed by atoms with Gasteiger partial charge in [-0.2, -0.15) is 0 Å². The van der Waals surface area contributed by atoms with Crippen molar-refractivity contribution in [1.29, 1.82) is 0 Å². The Kier molecular flexibility index (Phi) is 6.43. The van der Waals surface area contributed by atoms with Gasteiger partial charge in [-0.3, -0.25) is 14.9 Å². The van der Waals surface area contributed by atoms with Gasteiger partial charge in [0.15, 0.2) is 5.13 Å². The number of fused-ring (bicyclic) bond motifs is 1. The van der Waals surface area contributed by atoms with E-state index in [0.717, 1.165) is 47.9 Å². The van der Waals surface area contributed by atoms with E-state index in [2.05, 4.69) is 21.3 Å². The lowest BCUT2D eigenvalue weighted by atomic mass is 10.1. The first-order valence-electron chi connectivity index (χ1n) is 11.3. The number of hydrogen-bond donors (Lipinski definition) is 1. The Morgan fingerprint density at radius 1 is 1.12 bits per heavy atom. The zero-order valence-corrected chi connectivity index (χ0v) is 20.4. The Bertz CT molecular complexity index is 1210. The van der Waals surface area contributed by atoms with Gasteiger partial charge in [0.25, 0.3) is 5.91 Å². The number of benzene rings is 2. The van der Waals surface area contributed by atoms with E-state index < -0.39 is 0 Å². The summed E-state index contributed by atoms with van der Waals surface area (Å²) in [5, 5.41) is 3.97. The fourth-order valence-electron chi connectivity index (χ4n) is 4.50. The molecule has 9 heteroatoms. The fourth-order valence-corrected chi connectivity index (χ4v) is 5.66. The third kappa shape index (κ3) is 4.60. The van der Waals surface area contributed by atoms with E-state index in [1.807, 2.05) is 23.1 Å². The van der Waals surface area contributed by atoms with Gasteiger partial charge in [0, 0.05) is 53.4 Å². The topological polar surface area (TPSA) is 74.8 Å². The number of piperazine rings is 1. The number of ether oxygens (including phenoxy) is 1. The molecule has 3 aromatic rings. The molecule has 0 bridgehead atoms. The summed E-state index contributed by atoms with van der Waals surface area (Å²) in [5.74, 6) is 0.485. The van der Waals surface area contributed by atoms with E-state index in [4.69, 9.17) is 16.3 Å². The number of amides is 2. The normalized spacial score (nSPS) is 17.4. The van der Waals surface area contributed by atoms with Crippen molar-refractivity contribution >= 4 is 45.6 Å². The molecule has 176 valence electrons. The van der Waals surface area contributed by atoms with Gasteiger partial charge in [0.1, 0.15) is 5.75 Å². The van der Waals surface area contributed by atoms with Gasteiger partial charge in [-0.15, -0.1) is 11.3 Å². The molecule has 0 radical (unpaired) electrons. The van der Waals surface area contributed by atoms with E-state index in [1.54, 1.807) is 31.4 Å². The van der Waals surface area contributed by atoms with Gasteiger partial charge in [-0.25, -0.2) is 4.98 Å². The summed E-state index contributed by atoms with van der Waals surface area (Å²) in [6, 6.07) is 14.7. The molecule has 1 aliphatic carbocycles. The van der Waals surface area contributed by atoms with Gasteiger partial charge in [-0.05, 0) is 49.2 Å². The quantitative estimate of drug-likeness (QED) is 0.565. The van der Waals surface area contributed by atoms with Crippen molar-refractivity contribution in [2.75, 3.05) is 43.5 Å². The van der Waals surface area contributed by atoms with Crippen molar-refractivity contribution in [2.45, 2.75) is 18.8 Å². The molecule has 1 aliphatic heterocycles. The highest BCUT2D eigenvalue weighted by Gasteiger charge is 2.36. The molecule has 1 aromatic heterocycles. The lowest BCUT2D eigenvalue weighted by Gasteiger charge is -2.37. The van der Waals surface area contributed by atoms with Crippen molar-refractivity contribution in [1.82, 2.24) is 9.88 Å². The number of rotatable bonds is 5. The molecule has 2 aromatic carbocycles. The Labute approximate surface area is 207 Å². The van der Waals surface area contributed by atoms with Crippen LogP contribution < -0.4 is 15.0 Å². The van der Waals surface area contributed by atoms with Gasteiger partial charge < -0.3 is 14.5 Å². The molecule has 2 amide bonds. The van der Waals surface area contributed by atoms with Crippen LogP contribution in [-0.4, -0.2) is 55.0 Å². The fraction of sp³-hybridized carbons (Fsp3) is 0.320. The minimum Gasteiger partial charge on any atom is -0.497 e. The molecule has 1 N–H and O–H groups in total. The standard InChI is InChI=1S/C25H25ClN4O3S/c1-33-19-4-2-3-18(15-19)29-11-13-30(14-12-29)24(32)20-9-10-21-22(20)27-25(34-21)28-23(31)16-5-7-17(26)8-6-16/h2-8,15,20H,9-14H2,1H3,(H,27,28,31). The van der Waals surface area contributed by atoms with Gasteiger partial charge in [0.05, 0.1) is 18.7 Å². The number of thiazole rings is 1. The van der Waals surface area contributed by atoms with Gasteiger partial charge in [0.2, 0.25) is 5.91 Å². The van der Waals surface area contributed by atoms with E-state index in [0.29, 0.717) is 28.8 Å². The molecule has 1 unspecified atom stereocenters. The number of aryl methyl sites for hydroxylation is 1.